The average molecular weight is 442 g/mol. The van der Waals surface area contributed by atoms with E-state index in [0.29, 0.717) is 25.4 Å². The van der Waals surface area contributed by atoms with Crippen LogP contribution in [0, 0.1) is 5.92 Å². The Bertz CT molecular complexity index is 918. The Balaban J connectivity index is 1.66. The van der Waals surface area contributed by atoms with Crippen LogP contribution in [-0.4, -0.2) is 39.2 Å². The molecule has 0 saturated heterocycles. The molecule has 0 aliphatic heterocycles. The number of benzene rings is 2. The highest BCUT2D eigenvalue weighted by Gasteiger charge is 2.14. The van der Waals surface area contributed by atoms with Gasteiger partial charge in [0.2, 0.25) is 0 Å². The van der Waals surface area contributed by atoms with Crippen LogP contribution < -0.4 is 0 Å². The molecule has 5 nitrogen and oxygen atoms in total. The molecule has 0 aliphatic rings. The van der Waals surface area contributed by atoms with Crippen molar-refractivity contribution in [3.05, 3.63) is 65.0 Å². The number of aromatic nitrogens is 2. The lowest BCUT2D eigenvalue weighted by Crippen LogP contribution is -2.34. The summed E-state index contributed by atoms with van der Waals surface area (Å²) >= 11 is 3.46. The SMILES string of the molecule is CC(C)CN(CCc1ncc(-c2ccc(-c3ccc(Br)cc3)cc2)[nH]1)C(=O)O. The van der Waals surface area contributed by atoms with Gasteiger partial charge in [0.15, 0.2) is 0 Å². The molecule has 0 atom stereocenters. The van der Waals surface area contributed by atoms with Crippen LogP contribution in [0.15, 0.2) is 59.2 Å². The van der Waals surface area contributed by atoms with Crippen LogP contribution in [0.5, 0.6) is 0 Å². The summed E-state index contributed by atoms with van der Waals surface area (Å²) in [6.07, 6.45) is 1.48. The Morgan fingerprint density at radius 2 is 1.64 bits per heavy atom. The van der Waals surface area contributed by atoms with E-state index in [1.54, 1.807) is 6.20 Å². The number of hydrogen-bond acceptors (Lipinski definition) is 2. The predicted octanol–water partition coefficient (Wildman–Crippen LogP) is 5.68. The van der Waals surface area contributed by atoms with Crippen molar-refractivity contribution in [2.75, 3.05) is 13.1 Å². The Kier molecular flexibility index (Phi) is 6.52. The zero-order valence-corrected chi connectivity index (χ0v) is 17.6. The van der Waals surface area contributed by atoms with Gasteiger partial charge in [-0.2, -0.15) is 0 Å². The summed E-state index contributed by atoms with van der Waals surface area (Å²) < 4.78 is 1.06. The normalized spacial score (nSPS) is 11.0. The van der Waals surface area contributed by atoms with Crippen LogP contribution in [0.4, 0.5) is 4.79 Å². The zero-order valence-electron chi connectivity index (χ0n) is 16.0. The highest BCUT2D eigenvalue weighted by Crippen LogP contribution is 2.25. The summed E-state index contributed by atoms with van der Waals surface area (Å²) in [5.41, 5.74) is 4.31. The number of carbonyl (C=O) groups is 1. The smallest absolute Gasteiger partial charge is 0.407 e. The second kappa shape index (κ2) is 9.06. The van der Waals surface area contributed by atoms with E-state index in [2.05, 4.69) is 62.3 Å². The number of amides is 1. The fourth-order valence-corrected chi connectivity index (χ4v) is 3.33. The van der Waals surface area contributed by atoms with Gasteiger partial charge >= 0.3 is 6.09 Å². The third-order valence-corrected chi connectivity index (χ3v) is 5.01. The summed E-state index contributed by atoms with van der Waals surface area (Å²) in [4.78, 5) is 20.5. The molecular weight excluding hydrogens is 418 g/mol. The number of hydrogen-bond donors (Lipinski definition) is 2. The van der Waals surface area contributed by atoms with Crippen LogP contribution in [0.3, 0.4) is 0 Å². The van der Waals surface area contributed by atoms with Crippen molar-refractivity contribution >= 4 is 22.0 Å². The van der Waals surface area contributed by atoms with Crippen molar-refractivity contribution < 1.29 is 9.90 Å². The van der Waals surface area contributed by atoms with Crippen LogP contribution in [0.1, 0.15) is 19.7 Å². The fraction of sp³-hybridized carbons (Fsp3) is 0.273. The number of nitrogens with one attached hydrogen (secondary N) is 1. The highest BCUT2D eigenvalue weighted by molar-refractivity contribution is 9.10. The van der Waals surface area contributed by atoms with E-state index in [0.717, 1.165) is 27.1 Å². The quantitative estimate of drug-likeness (QED) is 0.494. The van der Waals surface area contributed by atoms with Crippen molar-refractivity contribution in [2.24, 2.45) is 5.92 Å². The fourth-order valence-electron chi connectivity index (χ4n) is 3.07. The second-order valence-electron chi connectivity index (χ2n) is 7.20. The van der Waals surface area contributed by atoms with E-state index in [-0.39, 0.29) is 0 Å². The van der Waals surface area contributed by atoms with Gasteiger partial charge in [-0.1, -0.05) is 66.2 Å². The number of rotatable bonds is 7. The molecule has 2 aromatic carbocycles. The summed E-state index contributed by atoms with van der Waals surface area (Å²) in [6, 6.07) is 16.5. The first kappa shape index (κ1) is 20.1. The third-order valence-electron chi connectivity index (χ3n) is 4.48. The number of carboxylic acid groups (broad SMARTS) is 1. The van der Waals surface area contributed by atoms with E-state index < -0.39 is 6.09 Å². The molecule has 0 spiro atoms. The van der Waals surface area contributed by atoms with Gasteiger partial charge in [-0.15, -0.1) is 0 Å². The molecule has 1 heterocycles. The zero-order chi connectivity index (χ0) is 20.1. The van der Waals surface area contributed by atoms with Crippen LogP contribution >= 0.6 is 15.9 Å². The first-order valence-electron chi connectivity index (χ1n) is 9.30. The molecule has 1 aromatic heterocycles. The average Bonchev–Trinajstić information content (AvgIpc) is 3.14. The van der Waals surface area contributed by atoms with E-state index in [1.165, 1.54) is 10.5 Å². The molecule has 0 fully saturated rings. The lowest BCUT2D eigenvalue weighted by molar-refractivity contribution is 0.139. The largest absolute Gasteiger partial charge is 0.465 e. The van der Waals surface area contributed by atoms with Gasteiger partial charge in [0.1, 0.15) is 5.82 Å². The lowest BCUT2D eigenvalue weighted by Gasteiger charge is -2.20. The molecule has 146 valence electrons. The molecular formula is C22H24BrN3O2. The predicted molar refractivity (Wildman–Crippen MR) is 115 cm³/mol. The monoisotopic (exact) mass is 441 g/mol. The Labute approximate surface area is 173 Å². The molecule has 0 aliphatic carbocycles. The van der Waals surface area contributed by atoms with Crippen molar-refractivity contribution in [3.8, 4) is 22.4 Å². The first-order valence-corrected chi connectivity index (χ1v) is 10.1. The number of halogens is 1. The number of H-pyrrole nitrogens is 1. The topological polar surface area (TPSA) is 69.2 Å². The molecule has 28 heavy (non-hydrogen) atoms. The number of nitrogens with zero attached hydrogens (tertiary/aromatic N) is 2. The van der Waals surface area contributed by atoms with Gasteiger partial charge in [-0.3, -0.25) is 0 Å². The molecule has 3 rings (SSSR count). The second-order valence-corrected chi connectivity index (χ2v) is 8.12. The number of imidazole rings is 1. The van der Waals surface area contributed by atoms with Crippen molar-refractivity contribution in [1.82, 2.24) is 14.9 Å². The molecule has 3 aromatic rings. The van der Waals surface area contributed by atoms with Gasteiger partial charge in [-0.25, -0.2) is 9.78 Å². The maximum absolute atomic E-state index is 11.3. The minimum Gasteiger partial charge on any atom is -0.465 e. The van der Waals surface area contributed by atoms with Crippen LogP contribution in [-0.2, 0) is 6.42 Å². The number of aromatic amines is 1. The van der Waals surface area contributed by atoms with Gasteiger partial charge in [-0.05, 0) is 34.7 Å². The van der Waals surface area contributed by atoms with E-state index in [9.17, 15) is 9.90 Å². The van der Waals surface area contributed by atoms with Crippen molar-refractivity contribution in [3.63, 3.8) is 0 Å². The molecule has 6 heteroatoms. The summed E-state index contributed by atoms with van der Waals surface area (Å²) in [7, 11) is 0. The third kappa shape index (κ3) is 5.23. The Morgan fingerprint density at radius 3 is 2.21 bits per heavy atom. The lowest BCUT2D eigenvalue weighted by atomic mass is 10.0. The maximum Gasteiger partial charge on any atom is 0.407 e. The van der Waals surface area contributed by atoms with Crippen molar-refractivity contribution in [1.29, 1.82) is 0 Å². The maximum atomic E-state index is 11.3. The Hall–Kier alpha value is -2.60. The minimum atomic E-state index is -0.885. The molecule has 0 bridgehead atoms. The summed E-state index contributed by atoms with van der Waals surface area (Å²) in [5.74, 6) is 1.09. The first-order chi connectivity index (χ1) is 13.4. The van der Waals surface area contributed by atoms with E-state index >= 15 is 0 Å². The molecule has 0 radical (unpaired) electrons. The molecule has 1 amide bonds. The highest BCUT2D eigenvalue weighted by atomic mass is 79.9. The van der Waals surface area contributed by atoms with Crippen molar-refractivity contribution in [2.45, 2.75) is 20.3 Å². The Morgan fingerprint density at radius 1 is 1.07 bits per heavy atom. The summed E-state index contributed by atoms with van der Waals surface area (Å²) in [5, 5.41) is 9.31. The van der Waals surface area contributed by atoms with Gasteiger partial charge in [0.25, 0.3) is 0 Å². The van der Waals surface area contributed by atoms with E-state index in [4.69, 9.17) is 0 Å². The van der Waals surface area contributed by atoms with Gasteiger partial charge in [0.05, 0.1) is 11.9 Å². The minimum absolute atomic E-state index is 0.299. The molecule has 2 N–H and O–H groups in total. The molecule has 0 unspecified atom stereocenters. The van der Waals surface area contributed by atoms with Gasteiger partial charge in [0, 0.05) is 24.0 Å². The van der Waals surface area contributed by atoms with Crippen LogP contribution in [0.2, 0.25) is 0 Å². The summed E-state index contributed by atoms with van der Waals surface area (Å²) in [6.45, 7) is 4.99. The van der Waals surface area contributed by atoms with Gasteiger partial charge < -0.3 is 15.0 Å². The van der Waals surface area contributed by atoms with Crippen LogP contribution in [0.25, 0.3) is 22.4 Å². The van der Waals surface area contributed by atoms with E-state index in [1.807, 2.05) is 26.0 Å². The standard InChI is InChI=1S/C22H24BrN3O2/c1-15(2)14-26(22(27)28)12-11-21-24-13-20(25-21)18-5-3-16(4-6-18)17-7-9-19(23)10-8-17/h3-10,13,15H,11-12,14H2,1-2H3,(H,24,25)(H,27,28). The molecule has 0 saturated carbocycles.